The van der Waals surface area contributed by atoms with Gasteiger partial charge in [-0.3, -0.25) is 44.1 Å². The maximum absolute atomic E-state index is 13.9. The van der Waals surface area contributed by atoms with Crippen LogP contribution in [0.1, 0.15) is 82.4 Å². The number of halogens is 4. The minimum absolute atomic E-state index is 0.216. The van der Waals surface area contributed by atoms with Gasteiger partial charge in [-0.15, -0.1) is 0 Å². The Balaban J connectivity index is 0.000000140. The Bertz CT molecular complexity index is 5810. The summed E-state index contributed by atoms with van der Waals surface area (Å²) in [5, 5.41) is 28.6. The molecular formula is C83H66Cl4N12O6. The maximum atomic E-state index is 13.9. The topological polar surface area (TPSA) is 211 Å². The number of hydrogen-bond acceptors (Lipinski definition) is 9. The van der Waals surface area contributed by atoms with Crippen molar-refractivity contribution in [2.24, 2.45) is 15.3 Å². The molecule has 522 valence electrons. The van der Waals surface area contributed by atoms with Crippen LogP contribution in [-0.4, -0.2) is 64.2 Å². The summed E-state index contributed by atoms with van der Waals surface area (Å²) in [6.07, 6.45) is 0. The zero-order chi connectivity index (χ0) is 74.1. The molecule has 0 aliphatic carbocycles. The molecular weight excluding hydrogens is 1400 g/mol. The Labute approximate surface area is 623 Å². The zero-order valence-corrected chi connectivity index (χ0v) is 61.0. The van der Waals surface area contributed by atoms with E-state index in [4.69, 9.17) is 46.4 Å². The zero-order valence-electron chi connectivity index (χ0n) is 58.0. The number of hydrazone groups is 3. The van der Waals surface area contributed by atoms with E-state index in [1.165, 1.54) is 29.1 Å². The van der Waals surface area contributed by atoms with Crippen molar-refractivity contribution in [2.75, 3.05) is 15.0 Å². The first-order chi connectivity index (χ1) is 50.6. The number of benzene rings is 9. The number of nitrogens with one attached hydrogen (secondary N) is 3. The first-order valence-electron chi connectivity index (χ1n) is 33.3. The lowest BCUT2D eigenvalue weighted by molar-refractivity contribution is -0.115. The van der Waals surface area contributed by atoms with Crippen LogP contribution in [0.2, 0.25) is 20.1 Å². The first-order valence-corrected chi connectivity index (χ1v) is 34.8. The highest BCUT2D eigenvalue weighted by Crippen LogP contribution is 2.40. The normalized spacial score (nSPS) is 14.9. The molecule has 0 fully saturated rings. The van der Waals surface area contributed by atoms with Crippen LogP contribution in [0.3, 0.4) is 0 Å². The van der Waals surface area contributed by atoms with Gasteiger partial charge in [0.2, 0.25) is 0 Å². The minimum atomic E-state index is -0.437. The van der Waals surface area contributed by atoms with E-state index >= 15 is 0 Å². The Hall–Kier alpha value is -12.2. The third-order valence-corrected chi connectivity index (χ3v) is 18.9. The largest absolute Gasteiger partial charge is 0.295 e. The quantitative estimate of drug-likeness (QED) is 0.101. The van der Waals surface area contributed by atoms with Gasteiger partial charge in [-0.25, -0.2) is 14.0 Å². The summed E-state index contributed by atoms with van der Waals surface area (Å²) in [5.41, 5.74) is 14.5. The molecule has 9 aromatic carbocycles. The number of rotatable bonds is 12. The van der Waals surface area contributed by atoms with Crippen LogP contribution in [0, 0.1) is 34.6 Å². The van der Waals surface area contributed by atoms with Crippen molar-refractivity contribution >= 4 is 115 Å². The van der Waals surface area contributed by atoms with E-state index in [-0.39, 0.29) is 28.5 Å². The van der Waals surface area contributed by atoms with Crippen LogP contribution in [-0.2, 0) is 14.4 Å². The summed E-state index contributed by atoms with van der Waals surface area (Å²) >= 11 is 25.1. The Morgan fingerprint density at radius 1 is 0.305 bits per heavy atom. The van der Waals surface area contributed by atoms with Gasteiger partial charge in [0.05, 0.1) is 94.7 Å². The number of H-pyrrole nitrogens is 3. The molecule has 18 nitrogen and oxygen atoms in total. The summed E-state index contributed by atoms with van der Waals surface area (Å²) < 4.78 is 4.35. The van der Waals surface area contributed by atoms with E-state index in [9.17, 15) is 28.8 Å². The van der Waals surface area contributed by atoms with Gasteiger partial charge < -0.3 is 0 Å². The SMILES string of the molecule is CC1=NN(c2cc(Cl)ccc2Cl)C(=O)/C1=C(/c1ccccc1)c1c(C)[nH]n(-c2cc(Cl)ccc2Cl)c1=O.CC1=NN(c2ccc(C)cc2)C(=O)C1=C(c1ccccc1)c1c(C)[nH]n(-c2ccc(C)cc2)c1=O.CC1=NN(c2ccccc2)C(=O)/C1=C(/c1ccccc1)c1c(C)[nH]n(-c2ccccc2)c1=O. The second-order valence-corrected chi connectivity index (χ2v) is 26.7. The highest BCUT2D eigenvalue weighted by molar-refractivity contribution is 6.40. The average Bonchev–Trinajstić information content (AvgIpc) is 1.62. The number of carbonyl (C=O) groups is 3. The highest BCUT2D eigenvalue weighted by Gasteiger charge is 2.38. The van der Waals surface area contributed by atoms with Gasteiger partial charge in [0.15, 0.2) is 0 Å². The number of hydrogen-bond donors (Lipinski definition) is 3. The van der Waals surface area contributed by atoms with Crippen molar-refractivity contribution in [2.45, 2.75) is 55.4 Å². The highest BCUT2D eigenvalue weighted by atomic mass is 35.5. The Morgan fingerprint density at radius 3 is 0.981 bits per heavy atom. The fourth-order valence-electron chi connectivity index (χ4n) is 12.8. The molecule has 0 radical (unpaired) electrons. The molecule has 3 N–H and O–H groups in total. The number of nitrogens with zero attached hydrogens (tertiary/aromatic N) is 9. The molecule has 0 saturated carbocycles. The third kappa shape index (κ3) is 14.0. The van der Waals surface area contributed by atoms with Crippen LogP contribution in [0.25, 0.3) is 33.8 Å². The van der Waals surface area contributed by atoms with E-state index < -0.39 is 11.5 Å². The van der Waals surface area contributed by atoms with Gasteiger partial charge in [0, 0.05) is 43.8 Å². The lowest BCUT2D eigenvalue weighted by atomic mass is 9.91. The molecule has 3 aliphatic rings. The smallest absolute Gasteiger partial charge is 0.281 e. The second kappa shape index (κ2) is 30.0. The van der Waals surface area contributed by atoms with Crippen LogP contribution in [0.15, 0.2) is 283 Å². The van der Waals surface area contributed by atoms with Crippen molar-refractivity contribution < 1.29 is 14.4 Å². The molecule has 0 spiro atoms. The minimum Gasteiger partial charge on any atom is -0.295 e. The summed E-state index contributed by atoms with van der Waals surface area (Å²) in [6.45, 7) is 14.8. The predicted molar refractivity (Wildman–Crippen MR) is 421 cm³/mol. The van der Waals surface area contributed by atoms with Crippen molar-refractivity contribution in [3.63, 3.8) is 0 Å². The maximum Gasteiger partial charge on any atom is 0.281 e. The fourth-order valence-corrected chi connectivity index (χ4v) is 13.6. The lowest BCUT2D eigenvalue weighted by Gasteiger charge is -2.15. The molecule has 22 heteroatoms. The summed E-state index contributed by atoms with van der Waals surface area (Å²) in [7, 11) is 0. The number of anilines is 3. The fraction of sp³-hybridized carbons (Fsp3) is 0.0964. The van der Waals surface area contributed by atoms with Gasteiger partial charge in [0.25, 0.3) is 34.4 Å². The molecule has 15 rings (SSSR count). The number of aryl methyl sites for hydroxylation is 5. The molecule has 105 heavy (non-hydrogen) atoms. The molecule has 6 heterocycles. The van der Waals surface area contributed by atoms with E-state index in [1.54, 1.807) is 57.2 Å². The Kier molecular flexibility index (Phi) is 20.4. The molecule has 0 unspecified atom stereocenters. The third-order valence-electron chi connectivity index (χ3n) is 17.8. The molecule has 3 amide bonds. The Morgan fingerprint density at radius 2 is 0.590 bits per heavy atom. The van der Waals surface area contributed by atoms with E-state index in [0.717, 1.165) is 33.6 Å². The molecule has 3 aliphatic heterocycles. The lowest BCUT2D eigenvalue weighted by Crippen LogP contribution is -2.24. The van der Waals surface area contributed by atoms with Gasteiger partial charge in [-0.2, -0.15) is 30.3 Å². The average molecular weight is 1470 g/mol. The molecule has 3 aromatic heterocycles. The van der Waals surface area contributed by atoms with E-state index in [0.29, 0.717) is 127 Å². The summed E-state index contributed by atoms with van der Waals surface area (Å²) in [4.78, 5) is 82.6. The van der Waals surface area contributed by atoms with Gasteiger partial charge >= 0.3 is 0 Å². The van der Waals surface area contributed by atoms with E-state index in [1.807, 2.05) is 235 Å². The van der Waals surface area contributed by atoms with Crippen molar-refractivity contribution in [3.05, 3.63) is 366 Å². The van der Waals surface area contributed by atoms with Crippen LogP contribution < -0.4 is 31.7 Å². The van der Waals surface area contributed by atoms with Gasteiger partial charge in [-0.05, 0) is 157 Å². The van der Waals surface area contributed by atoms with Crippen LogP contribution >= 0.6 is 46.4 Å². The van der Waals surface area contributed by atoms with Gasteiger partial charge in [-0.1, -0.05) is 209 Å². The monoisotopic (exact) mass is 1470 g/mol. The molecule has 0 atom stereocenters. The number of aromatic nitrogens is 6. The van der Waals surface area contributed by atoms with Crippen molar-refractivity contribution in [1.29, 1.82) is 0 Å². The first kappa shape index (κ1) is 71.2. The molecule has 12 aromatic rings. The van der Waals surface area contributed by atoms with E-state index in [2.05, 4.69) is 30.6 Å². The molecule has 0 bridgehead atoms. The second-order valence-electron chi connectivity index (χ2n) is 25.0. The number of carbonyl (C=O) groups excluding carboxylic acids is 3. The molecule has 0 saturated heterocycles. The van der Waals surface area contributed by atoms with Crippen molar-refractivity contribution in [3.8, 4) is 17.1 Å². The summed E-state index contributed by atoms with van der Waals surface area (Å²) in [6, 6.07) is 72.0. The number of amides is 3. The number of aromatic amines is 3. The number of para-hydroxylation sites is 2. The van der Waals surface area contributed by atoms with Crippen LogP contribution in [0.5, 0.6) is 0 Å². The standard InChI is InChI=1S/C29H26N4O2.C27H18Cl4N4O2.C27H22N4O2/c1-18-10-14-23(15-11-18)32-28(34)25(20(3)30-32)27(22-8-6-5-7-9-22)26-21(4)31-33(29(26)35)24-16-12-19(2)13-17-24;1-14-23(26(36)34(32-14)21-12-17(28)8-10-19(21)30)25(16-6-4-3-5-7-16)24-15(2)33-35(27(24)37)22-13-18(29)9-11-20(22)31;1-18-23(26(32)30(28-18)21-14-8-4-9-15-21)25(20-12-6-3-7-13-20)24-19(2)29-31(27(24)33)22-16-10-5-11-17-22/h5-17,30H,1-4H3;3-13,32H,1-2H3;3-17,28H,1-2H3/b;2*25-24-. The van der Waals surface area contributed by atoms with Crippen molar-refractivity contribution in [1.82, 2.24) is 29.3 Å². The van der Waals surface area contributed by atoms with Gasteiger partial charge in [0.1, 0.15) is 0 Å². The predicted octanol–water partition coefficient (Wildman–Crippen LogP) is 17.3. The summed E-state index contributed by atoms with van der Waals surface area (Å²) in [5.74, 6) is -0.955. The van der Waals surface area contributed by atoms with Crippen LogP contribution in [0.4, 0.5) is 17.1 Å².